The molecule has 2 N–H and O–H groups in total. The van der Waals surface area contributed by atoms with E-state index in [-0.39, 0.29) is 0 Å². The molecule has 16 heavy (non-hydrogen) atoms. The number of nitrogens with zero attached hydrogens (tertiary/aromatic N) is 1. The number of rotatable bonds is 4. The van der Waals surface area contributed by atoms with Crippen LogP contribution in [-0.2, 0) is 6.42 Å². The minimum absolute atomic E-state index is 0.742. The molecular weight excluding hydrogens is 220 g/mol. The first-order valence-electron chi connectivity index (χ1n) is 5.54. The Kier molecular flexibility index (Phi) is 3.75. The third-order valence-corrected chi connectivity index (χ3v) is 2.87. The van der Waals surface area contributed by atoms with Crippen molar-refractivity contribution in [2.24, 2.45) is 5.73 Å². The van der Waals surface area contributed by atoms with Gasteiger partial charge < -0.3 is 5.73 Å². The molecule has 1 aromatic carbocycles. The zero-order valence-electron chi connectivity index (χ0n) is 9.12. The maximum atomic E-state index is 6.08. The summed E-state index contributed by atoms with van der Waals surface area (Å²) in [6.07, 6.45) is 4.94. The Hall–Kier alpha value is -1.12. The zero-order valence-corrected chi connectivity index (χ0v) is 9.87. The van der Waals surface area contributed by atoms with Crippen LogP contribution in [0.1, 0.15) is 18.4 Å². The van der Waals surface area contributed by atoms with Gasteiger partial charge in [0.05, 0.1) is 5.52 Å². The minimum Gasteiger partial charge on any atom is -0.330 e. The quantitative estimate of drug-likeness (QED) is 0.826. The molecule has 0 aliphatic carbocycles. The largest absolute Gasteiger partial charge is 0.330 e. The number of nitrogens with two attached hydrogens (primary N) is 1. The molecule has 0 aliphatic rings. The summed E-state index contributed by atoms with van der Waals surface area (Å²) in [5.41, 5.74) is 7.77. The Morgan fingerprint density at radius 2 is 2.12 bits per heavy atom. The van der Waals surface area contributed by atoms with Crippen molar-refractivity contribution in [3.8, 4) is 0 Å². The van der Waals surface area contributed by atoms with Crippen LogP contribution in [0.2, 0.25) is 5.02 Å². The van der Waals surface area contributed by atoms with Crippen LogP contribution < -0.4 is 5.73 Å². The van der Waals surface area contributed by atoms with Crippen LogP contribution in [0, 0.1) is 0 Å². The summed E-state index contributed by atoms with van der Waals surface area (Å²) < 4.78 is 0. The lowest BCUT2D eigenvalue weighted by Gasteiger charge is -2.06. The van der Waals surface area contributed by atoms with Gasteiger partial charge in [0, 0.05) is 16.6 Å². The van der Waals surface area contributed by atoms with Crippen molar-refractivity contribution in [1.82, 2.24) is 4.98 Å². The zero-order chi connectivity index (χ0) is 11.4. The normalized spacial score (nSPS) is 10.9. The first-order valence-corrected chi connectivity index (χ1v) is 5.92. The van der Waals surface area contributed by atoms with Crippen molar-refractivity contribution in [3.63, 3.8) is 0 Å². The predicted molar refractivity (Wildman–Crippen MR) is 68.7 cm³/mol. The van der Waals surface area contributed by atoms with E-state index in [9.17, 15) is 0 Å². The topological polar surface area (TPSA) is 38.9 Å². The van der Waals surface area contributed by atoms with Gasteiger partial charge in [-0.1, -0.05) is 17.7 Å². The smallest absolute Gasteiger partial charge is 0.0734 e. The summed E-state index contributed by atoms with van der Waals surface area (Å²) in [6, 6.07) is 7.94. The number of aryl methyl sites for hydroxylation is 1. The summed E-state index contributed by atoms with van der Waals surface area (Å²) >= 11 is 6.08. The predicted octanol–water partition coefficient (Wildman–Crippen LogP) is 3.17. The second-order valence-corrected chi connectivity index (χ2v) is 4.32. The molecule has 0 saturated heterocycles. The Bertz CT molecular complexity index is 482. The molecule has 0 radical (unpaired) electrons. The van der Waals surface area contributed by atoms with Gasteiger partial charge in [-0.2, -0.15) is 0 Å². The highest BCUT2D eigenvalue weighted by Gasteiger charge is 2.03. The number of fused-ring (bicyclic) bond motifs is 1. The average molecular weight is 235 g/mol. The van der Waals surface area contributed by atoms with Gasteiger partial charge in [0.25, 0.3) is 0 Å². The molecule has 0 aliphatic heterocycles. The van der Waals surface area contributed by atoms with Crippen molar-refractivity contribution in [2.75, 3.05) is 6.54 Å². The van der Waals surface area contributed by atoms with Crippen LogP contribution in [0.3, 0.4) is 0 Å². The molecule has 1 heterocycles. The summed E-state index contributed by atoms with van der Waals surface area (Å²) in [7, 11) is 0. The third kappa shape index (κ3) is 2.52. The van der Waals surface area contributed by atoms with E-state index in [1.165, 1.54) is 5.56 Å². The third-order valence-electron chi connectivity index (χ3n) is 2.65. The molecule has 0 unspecified atom stereocenters. The Morgan fingerprint density at radius 3 is 2.94 bits per heavy atom. The Morgan fingerprint density at radius 1 is 1.25 bits per heavy atom. The van der Waals surface area contributed by atoms with Crippen LogP contribution >= 0.6 is 11.6 Å². The number of benzene rings is 1. The molecule has 0 bridgehead atoms. The molecule has 84 valence electrons. The van der Waals surface area contributed by atoms with Crippen LogP contribution in [0.4, 0.5) is 0 Å². The van der Waals surface area contributed by atoms with E-state index < -0.39 is 0 Å². The SMILES string of the molecule is NCCCCc1cc(Cl)cc2cccnc12. The fraction of sp³-hybridized carbons (Fsp3) is 0.308. The number of aromatic nitrogens is 1. The lowest BCUT2D eigenvalue weighted by Crippen LogP contribution is -1.99. The van der Waals surface area contributed by atoms with Crippen molar-refractivity contribution < 1.29 is 0 Å². The molecule has 2 rings (SSSR count). The van der Waals surface area contributed by atoms with Crippen molar-refractivity contribution in [2.45, 2.75) is 19.3 Å². The van der Waals surface area contributed by atoms with Gasteiger partial charge in [-0.3, -0.25) is 4.98 Å². The summed E-state index contributed by atoms with van der Waals surface area (Å²) in [6.45, 7) is 0.742. The second kappa shape index (κ2) is 5.28. The first-order chi connectivity index (χ1) is 7.81. The fourth-order valence-corrected chi connectivity index (χ4v) is 2.13. The average Bonchev–Trinajstić information content (AvgIpc) is 2.29. The van der Waals surface area contributed by atoms with Gasteiger partial charge >= 0.3 is 0 Å². The van der Waals surface area contributed by atoms with E-state index in [1.54, 1.807) is 0 Å². The monoisotopic (exact) mass is 234 g/mol. The first kappa shape index (κ1) is 11.4. The highest BCUT2D eigenvalue weighted by Crippen LogP contribution is 2.23. The molecule has 1 aromatic heterocycles. The van der Waals surface area contributed by atoms with Gasteiger partial charge in [0.1, 0.15) is 0 Å². The van der Waals surface area contributed by atoms with Crippen molar-refractivity contribution >= 4 is 22.5 Å². The van der Waals surface area contributed by atoms with Crippen LogP contribution in [-0.4, -0.2) is 11.5 Å². The van der Waals surface area contributed by atoms with Crippen LogP contribution in [0.15, 0.2) is 30.5 Å². The minimum atomic E-state index is 0.742. The summed E-state index contributed by atoms with van der Waals surface area (Å²) in [5, 5.41) is 1.89. The Labute approximate surface area is 100 Å². The lowest BCUT2D eigenvalue weighted by atomic mass is 10.0. The van der Waals surface area contributed by atoms with Crippen molar-refractivity contribution in [1.29, 1.82) is 0 Å². The van der Waals surface area contributed by atoms with E-state index in [0.717, 1.165) is 41.7 Å². The summed E-state index contributed by atoms with van der Waals surface area (Å²) in [4.78, 5) is 4.41. The molecular formula is C13H15ClN2. The van der Waals surface area contributed by atoms with Gasteiger partial charge in [-0.25, -0.2) is 0 Å². The number of unbranched alkanes of at least 4 members (excludes halogenated alkanes) is 1. The Balaban J connectivity index is 2.34. The van der Waals surface area contributed by atoms with Crippen LogP contribution in [0.5, 0.6) is 0 Å². The molecule has 0 saturated carbocycles. The molecule has 3 heteroatoms. The molecule has 2 aromatic rings. The van der Waals surface area contributed by atoms with Gasteiger partial charge in [0.2, 0.25) is 0 Å². The molecule has 0 fully saturated rings. The molecule has 2 nitrogen and oxygen atoms in total. The van der Waals surface area contributed by atoms with E-state index in [2.05, 4.69) is 4.98 Å². The van der Waals surface area contributed by atoms with Gasteiger partial charge in [0.15, 0.2) is 0 Å². The number of pyridine rings is 1. The lowest BCUT2D eigenvalue weighted by molar-refractivity contribution is 0.747. The number of halogens is 1. The van der Waals surface area contributed by atoms with Crippen molar-refractivity contribution in [3.05, 3.63) is 41.0 Å². The highest BCUT2D eigenvalue weighted by atomic mass is 35.5. The molecule has 0 spiro atoms. The molecule has 0 amide bonds. The molecule has 0 atom stereocenters. The maximum absolute atomic E-state index is 6.08. The highest BCUT2D eigenvalue weighted by molar-refractivity contribution is 6.31. The van der Waals surface area contributed by atoms with E-state index in [1.807, 2.05) is 30.5 Å². The van der Waals surface area contributed by atoms with Crippen LogP contribution in [0.25, 0.3) is 10.9 Å². The van der Waals surface area contributed by atoms with Gasteiger partial charge in [-0.15, -0.1) is 0 Å². The van der Waals surface area contributed by atoms with E-state index in [0.29, 0.717) is 0 Å². The van der Waals surface area contributed by atoms with Gasteiger partial charge in [-0.05, 0) is 49.6 Å². The number of hydrogen-bond acceptors (Lipinski definition) is 2. The van der Waals surface area contributed by atoms with E-state index >= 15 is 0 Å². The standard InChI is InChI=1S/C13H15ClN2/c14-12-8-10(4-1-2-6-15)13-11(9-12)5-3-7-16-13/h3,5,7-9H,1-2,4,6,15H2. The summed E-state index contributed by atoms with van der Waals surface area (Å²) in [5.74, 6) is 0. The van der Waals surface area contributed by atoms with E-state index in [4.69, 9.17) is 17.3 Å². The fourth-order valence-electron chi connectivity index (χ4n) is 1.88. The number of hydrogen-bond donors (Lipinski definition) is 1. The second-order valence-electron chi connectivity index (χ2n) is 3.89. The maximum Gasteiger partial charge on any atom is 0.0734 e.